The van der Waals surface area contributed by atoms with Crippen LogP contribution in [0, 0.1) is 33.0 Å². The highest BCUT2D eigenvalue weighted by Crippen LogP contribution is 2.59. The summed E-state index contributed by atoms with van der Waals surface area (Å²) in [5.41, 5.74) is -1.55. The topological polar surface area (TPSA) is 65.0 Å². The molecule has 2 unspecified atom stereocenters. The van der Waals surface area contributed by atoms with E-state index in [-0.39, 0.29) is 34.9 Å². The summed E-state index contributed by atoms with van der Waals surface area (Å²) in [4.78, 5) is 13.9. The molecule has 3 fully saturated rings. The first kappa shape index (κ1) is 26.7. The zero-order valence-electron chi connectivity index (χ0n) is 20.4. The van der Waals surface area contributed by atoms with Gasteiger partial charge in [0.25, 0.3) is 0 Å². The van der Waals surface area contributed by atoms with Crippen LogP contribution >= 0.6 is 31.9 Å². The van der Waals surface area contributed by atoms with Gasteiger partial charge in [-0.25, -0.2) is 0 Å². The van der Waals surface area contributed by atoms with Crippen LogP contribution in [0.1, 0.15) is 67.2 Å². The molecule has 0 aromatic heterocycles. The minimum Gasteiger partial charge on any atom is -0.464 e. The molecule has 5 nitrogen and oxygen atoms in total. The highest BCUT2D eigenvalue weighted by Gasteiger charge is 2.66. The molecule has 7 heteroatoms. The van der Waals surface area contributed by atoms with Crippen LogP contribution < -0.4 is 0 Å². The van der Waals surface area contributed by atoms with Gasteiger partial charge in [-0.3, -0.25) is 4.79 Å². The van der Waals surface area contributed by atoms with E-state index in [0.29, 0.717) is 45.2 Å². The molecular formula is C25H40Br2O5. The van der Waals surface area contributed by atoms with Crippen molar-refractivity contribution in [2.24, 2.45) is 33.0 Å². The minimum atomic E-state index is -0.735. The van der Waals surface area contributed by atoms with Gasteiger partial charge >= 0.3 is 5.97 Å². The third-order valence-electron chi connectivity index (χ3n) is 8.81. The number of esters is 1. The van der Waals surface area contributed by atoms with E-state index < -0.39 is 10.8 Å². The first-order valence-corrected chi connectivity index (χ1v) is 13.3. The van der Waals surface area contributed by atoms with E-state index in [0.717, 1.165) is 16.2 Å². The second-order valence-electron chi connectivity index (χ2n) is 12.3. The molecule has 0 bridgehead atoms. The second-order valence-corrected chi connectivity index (χ2v) is 15.1. The lowest BCUT2D eigenvalue weighted by molar-refractivity contribution is -0.296. The van der Waals surface area contributed by atoms with Crippen LogP contribution in [0.2, 0.25) is 0 Å². The molecule has 1 aliphatic carbocycles. The lowest BCUT2D eigenvalue weighted by atomic mass is 9.51. The Hall–Kier alpha value is 0.0500. The molecule has 3 aliphatic rings. The zero-order valence-corrected chi connectivity index (χ0v) is 23.6. The molecule has 0 amide bonds. The molecule has 0 aromatic rings. The summed E-state index contributed by atoms with van der Waals surface area (Å²) in [7, 11) is 0. The van der Waals surface area contributed by atoms with E-state index >= 15 is 0 Å². The smallest absolute Gasteiger partial charge is 0.314 e. The Labute approximate surface area is 210 Å². The van der Waals surface area contributed by atoms with Gasteiger partial charge < -0.3 is 19.3 Å². The first-order valence-electron chi connectivity index (χ1n) is 11.7. The summed E-state index contributed by atoms with van der Waals surface area (Å²) in [5.74, 6) is 0.226. The van der Waals surface area contributed by atoms with Gasteiger partial charge in [0.15, 0.2) is 0 Å². The molecule has 2 heterocycles. The Balaban J connectivity index is 1.87. The van der Waals surface area contributed by atoms with Crippen molar-refractivity contribution in [2.75, 3.05) is 33.0 Å². The summed E-state index contributed by atoms with van der Waals surface area (Å²) < 4.78 is 18.8. The van der Waals surface area contributed by atoms with Gasteiger partial charge in [0.2, 0.25) is 0 Å². The van der Waals surface area contributed by atoms with Gasteiger partial charge in [0.1, 0.15) is 6.61 Å². The minimum absolute atomic E-state index is 0.00620. The number of ether oxygens (including phenoxy) is 3. The standard InChI is InChI=1S/C25H40Br2O5/c1-21(2,3)23(13-30-14-23)15-32-20(29)24(9-7-17(8-10-24)11-18(26)27)19-25(12-28,16-31-19)22(4,5)6/h11,17,19,28H,7-10,12-16H2,1-6H3. The molecule has 0 spiro atoms. The number of hydrogen-bond acceptors (Lipinski definition) is 5. The van der Waals surface area contributed by atoms with Gasteiger partial charge in [-0.15, -0.1) is 0 Å². The average molecular weight is 580 g/mol. The van der Waals surface area contributed by atoms with Crippen LogP contribution in [0.3, 0.4) is 0 Å². The van der Waals surface area contributed by atoms with Gasteiger partial charge in [-0.2, -0.15) is 0 Å². The quantitative estimate of drug-likeness (QED) is 0.401. The largest absolute Gasteiger partial charge is 0.464 e. The molecular weight excluding hydrogens is 540 g/mol. The van der Waals surface area contributed by atoms with Crippen molar-refractivity contribution in [3.05, 3.63) is 9.47 Å². The lowest BCUT2D eigenvalue weighted by Gasteiger charge is -2.62. The number of aliphatic hydroxyl groups excluding tert-OH is 1. The number of carbonyl (C=O) groups excluding carboxylic acids is 1. The van der Waals surface area contributed by atoms with Crippen molar-refractivity contribution in [3.8, 4) is 0 Å². The number of rotatable bonds is 6. The fourth-order valence-corrected chi connectivity index (χ4v) is 6.28. The number of halogens is 2. The number of hydrogen-bond donors (Lipinski definition) is 1. The molecule has 2 aliphatic heterocycles. The van der Waals surface area contributed by atoms with Crippen LogP contribution in [-0.4, -0.2) is 50.2 Å². The van der Waals surface area contributed by atoms with E-state index in [1.54, 1.807) is 0 Å². The summed E-state index contributed by atoms with van der Waals surface area (Å²) >= 11 is 6.95. The van der Waals surface area contributed by atoms with Gasteiger partial charge in [-0.1, -0.05) is 47.6 Å². The fourth-order valence-electron chi connectivity index (χ4n) is 5.53. The van der Waals surface area contributed by atoms with Crippen LogP contribution in [0.25, 0.3) is 0 Å². The summed E-state index contributed by atoms with van der Waals surface area (Å²) in [6.45, 7) is 15.0. The van der Waals surface area contributed by atoms with Crippen molar-refractivity contribution in [2.45, 2.75) is 73.3 Å². The molecule has 0 radical (unpaired) electrons. The molecule has 3 rings (SSSR count). The molecule has 32 heavy (non-hydrogen) atoms. The van der Waals surface area contributed by atoms with Gasteiger partial charge in [-0.05, 0) is 74.3 Å². The van der Waals surface area contributed by atoms with E-state index in [2.05, 4.69) is 79.5 Å². The van der Waals surface area contributed by atoms with Crippen LogP contribution in [0.4, 0.5) is 0 Å². The normalized spacial score (nSPS) is 34.8. The highest BCUT2D eigenvalue weighted by molar-refractivity contribution is 9.28. The summed E-state index contributed by atoms with van der Waals surface area (Å²) in [6, 6.07) is 0. The van der Waals surface area contributed by atoms with Crippen LogP contribution in [0.5, 0.6) is 0 Å². The molecule has 1 N–H and O–H groups in total. The van der Waals surface area contributed by atoms with E-state index in [4.69, 9.17) is 14.2 Å². The third kappa shape index (κ3) is 4.50. The van der Waals surface area contributed by atoms with Crippen LogP contribution in [-0.2, 0) is 19.0 Å². The van der Waals surface area contributed by atoms with E-state index in [1.165, 1.54) is 0 Å². The van der Waals surface area contributed by atoms with Crippen molar-refractivity contribution < 1.29 is 24.1 Å². The van der Waals surface area contributed by atoms with Crippen molar-refractivity contribution >= 4 is 37.8 Å². The van der Waals surface area contributed by atoms with E-state index in [9.17, 15) is 9.90 Å². The number of allylic oxidation sites excluding steroid dienone is 1. The monoisotopic (exact) mass is 578 g/mol. The van der Waals surface area contributed by atoms with Gasteiger partial charge in [0.05, 0.1) is 46.8 Å². The zero-order chi connectivity index (χ0) is 24.0. The molecule has 2 atom stereocenters. The third-order valence-corrected chi connectivity index (χ3v) is 9.33. The highest BCUT2D eigenvalue weighted by atomic mass is 79.9. The van der Waals surface area contributed by atoms with Gasteiger partial charge in [0, 0.05) is 5.41 Å². The van der Waals surface area contributed by atoms with Crippen LogP contribution in [0.15, 0.2) is 9.47 Å². The number of carbonyl (C=O) groups is 1. The maximum atomic E-state index is 13.9. The lowest BCUT2D eigenvalue weighted by Crippen LogP contribution is -2.69. The predicted octanol–water partition coefficient (Wildman–Crippen LogP) is 5.82. The first-order chi connectivity index (χ1) is 14.7. The molecule has 1 saturated carbocycles. The average Bonchev–Trinajstić information content (AvgIpc) is 2.59. The Kier molecular flexibility index (Phi) is 7.71. The Morgan fingerprint density at radius 1 is 1.06 bits per heavy atom. The summed E-state index contributed by atoms with van der Waals surface area (Å²) in [5, 5.41) is 10.5. The molecule has 0 aromatic carbocycles. The molecule has 184 valence electrons. The Morgan fingerprint density at radius 2 is 1.66 bits per heavy atom. The maximum Gasteiger partial charge on any atom is 0.314 e. The fraction of sp³-hybridized carbons (Fsp3) is 0.880. The van der Waals surface area contributed by atoms with Crippen molar-refractivity contribution in [1.82, 2.24) is 0 Å². The SMILES string of the molecule is CC(C)(C)C1(COC(=O)C2(C3OCC3(CO)C(C)(C)C)CCC(C=C(Br)Br)CC2)COC1. The Morgan fingerprint density at radius 3 is 2.00 bits per heavy atom. The predicted molar refractivity (Wildman–Crippen MR) is 133 cm³/mol. The maximum absolute atomic E-state index is 13.9. The van der Waals surface area contributed by atoms with Crippen molar-refractivity contribution in [1.29, 1.82) is 0 Å². The Bertz CT molecular complexity index is 716. The molecule has 2 saturated heterocycles. The van der Waals surface area contributed by atoms with Crippen molar-refractivity contribution in [3.63, 3.8) is 0 Å². The second kappa shape index (κ2) is 9.25. The number of aliphatic hydroxyl groups is 1. The van der Waals surface area contributed by atoms with E-state index in [1.807, 2.05) is 0 Å². The summed E-state index contributed by atoms with van der Waals surface area (Å²) in [6.07, 6.45) is 4.99.